The van der Waals surface area contributed by atoms with E-state index in [0.29, 0.717) is 12.4 Å². The molecule has 0 spiro atoms. The maximum atomic E-state index is 6.15. The van der Waals surface area contributed by atoms with E-state index in [1.807, 2.05) is 24.8 Å². The van der Waals surface area contributed by atoms with Crippen LogP contribution in [0.5, 0.6) is 0 Å². The zero-order valence-corrected chi connectivity index (χ0v) is 16.5. The number of hydrogen-bond donors (Lipinski definition) is 1. The number of nitrogen functional groups attached to an aromatic ring is 1. The van der Waals surface area contributed by atoms with Crippen LogP contribution in [0.2, 0.25) is 0 Å². The highest BCUT2D eigenvalue weighted by Crippen LogP contribution is 2.27. The quantitative estimate of drug-likeness (QED) is 0.479. The van der Waals surface area contributed by atoms with Crippen LogP contribution in [0.3, 0.4) is 0 Å². The molecule has 0 aliphatic rings. The van der Waals surface area contributed by atoms with Crippen molar-refractivity contribution >= 4 is 28.6 Å². The molecule has 138 valence electrons. The predicted molar refractivity (Wildman–Crippen MR) is 109 cm³/mol. The molecule has 0 atom stereocenters. The topological polar surface area (TPSA) is 66.0 Å². The molecular formula is C20H26N4OS. The summed E-state index contributed by atoms with van der Waals surface area (Å²) < 4.78 is 7.57. The monoisotopic (exact) mass is 370 g/mol. The van der Waals surface area contributed by atoms with E-state index in [2.05, 4.69) is 40.7 Å². The Balaban J connectivity index is 1.82. The Morgan fingerprint density at radius 1 is 1.15 bits per heavy atom. The number of aryl methyl sites for hydroxylation is 3. The molecule has 6 heteroatoms. The number of benzene rings is 1. The van der Waals surface area contributed by atoms with Crippen LogP contribution >= 0.6 is 11.8 Å². The number of pyridine rings is 1. The number of imidazole rings is 1. The lowest BCUT2D eigenvalue weighted by molar-refractivity contribution is 0.199. The number of hydrogen-bond acceptors (Lipinski definition) is 5. The van der Waals surface area contributed by atoms with Gasteiger partial charge in [-0.15, -0.1) is 11.8 Å². The molecule has 3 aromatic rings. The summed E-state index contributed by atoms with van der Waals surface area (Å²) >= 11 is 1.89. The number of anilines is 1. The summed E-state index contributed by atoms with van der Waals surface area (Å²) in [5.41, 5.74) is 10.2. The lowest BCUT2D eigenvalue weighted by atomic mass is 10.2. The Labute approximate surface area is 159 Å². The van der Waals surface area contributed by atoms with Crippen molar-refractivity contribution in [3.63, 3.8) is 0 Å². The maximum absolute atomic E-state index is 6.15. The van der Waals surface area contributed by atoms with Crippen LogP contribution in [0.15, 0.2) is 35.2 Å². The highest BCUT2D eigenvalue weighted by Gasteiger charge is 2.17. The van der Waals surface area contributed by atoms with E-state index >= 15 is 0 Å². The fourth-order valence-electron chi connectivity index (χ4n) is 3.10. The molecule has 0 aliphatic carbocycles. The van der Waals surface area contributed by atoms with Crippen molar-refractivity contribution in [2.24, 2.45) is 0 Å². The molecule has 0 fully saturated rings. The van der Waals surface area contributed by atoms with Crippen LogP contribution in [0.4, 0.5) is 5.82 Å². The summed E-state index contributed by atoms with van der Waals surface area (Å²) in [5, 5.41) is 0. The zero-order chi connectivity index (χ0) is 18.5. The first-order chi connectivity index (χ1) is 12.6. The summed E-state index contributed by atoms with van der Waals surface area (Å²) in [4.78, 5) is 10.5. The third kappa shape index (κ3) is 4.02. The van der Waals surface area contributed by atoms with Crippen LogP contribution in [0, 0.1) is 13.8 Å². The second-order valence-corrected chi connectivity index (χ2v) is 7.51. The van der Waals surface area contributed by atoms with Crippen LogP contribution in [0.25, 0.3) is 11.0 Å². The van der Waals surface area contributed by atoms with Gasteiger partial charge < -0.3 is 15.0 Å². The van der Waals surface area contributed by atoms with Gasteiger partial charge in [-0.25, -0.2) is 9.97 Å². The molecule has 5 nitrogen and oxygen atoms in total. The zero-order valence-electron chi connectivity index (χ0n) is 15.7. The molecule has 2 aromatic heterocycles. The van der Waals surface area contributed by atoms with Gasteiger partial charge in [-0.2, -0.15) is 0 Å². The highest BCUT2D eigenvalue weighted by molar-refractivity contribution is 7.99. The van der Waals surface area contributed by atoms with Crippen molar-refractivity contribution in [2.45, 2.75) is 38.1 Å². The summed E-state index contributed by atoms with van der Waals surface area (Å²) in [6, 6.07) is 10.5. The van der Waals surface area contributed by atoms with Crippen LogP contribution < -0.4 is 5.73 Å². The molecule has 0 bridgehead atoms. The van der Waals surface area contributed by atoms with Crippen molar-refractivity contribution in [3.8, 4) is 0 Å². The Hall–Kier alpha value is -2.05. The van der Waals surface area contributed by atoms with Gasteiger partial charge >= 0.3 is 0 Å². The largest absolute Gasteiger partial charge is 0.384 e. The predicted octanol–water partition coefficient (Wildman–Crippen LogP) is 4.00. The minimum Gasteiger partial charge on any atom is -0.384 e. The first-order valence-electron chi connectivity index (χ1n) is 8.90. The summed E-state index contributed by atoms with van der Waals surface area (Å²) in [6.45, 7) is 5.66. The van der Waals surface area contributed by atoms with Crippen LogP contribution in [-0.4, -0.2) is 34.0 Å². The lowest BCUT2D eigenvalue weighted by Crippen LogP contribution is -2.08. The van der Waals surface area contributed by atoms with Crippen molar-refractivity contribution in [3.05, 3.63) is 47.4 Å². The molecule has 0 aliphatic heterocycles. The van der Waals surface area contributed by atoms with Gasteiger partial charge in [0.15, 0.2) is 5.82 Å². The van der Waals surface area contributed by atoms with Crippen molar-refractivity contribution < 1.29 is 4.74 Å². The average Bonchev–Trinajstić information content (AvgIpc) is 3.01. The lowest BCUT2D eigenvalue weighted by Gasteiger charge is -2.12. The smallest absolute Gasteiger partial charge is 0.151 e. The standard InChI is InChI=1S/C20H26N4OS/c1-14-15(2)22-20(21)18-19(14)24(17(23-18)10-12-25-3)11-7-13-26-16-8-5-4-6-9-16/h4-6,8-9H,7,10-13H2,1-3H3,(H2,21,22). The molecule has 26 heavy (non-hydrogen) atoms. The van der Waals surface area contributed by atoms with Gasteiger partial charge in [0.2, 0.25) is 0 Å². The third-order valence-electron chi connectivity index (χ3n) is 4.54. The minimum absolute atomic E-state index is 0.513. The number of thioether (sulfide) groups is 1. The number of nitrogens with zero attached hydrogens (tertiary/aromatic N) is 3. The molecule has 0 amide bonds. The number of methoxy groups -OCH3 is 1. The van der Waals surface area contributed by atoms with Crippen molar-refractivity contribution in [1.29, 1.82) is 0 Å². The van der Waals surface area contributed by atoms with Crippen molar-refractivity contribution in [2.75, 3.05) is 25.2 Å². The van der Waals surface area contributed by atoms with E-state index in [1.165, 1.54) is 4.90 Å². The average molecular weight is 371 g/mol. The second kappa shape index (κ2) is 8.56. The summed E-state index contributed by atoms with van der Waals surface area (Å²) in [5.74, 6) is 2.60. The SMILES string of the molecule is COCCc1nc2c(N)nc(C)c(C)c2n1CCCSc1ccccc1. The van der Waals surface area contributed by atoms with E-state index < -0.39 is 0 Å². The van der Waals surface area contributed by atoms with Gasteiger partial charge in [-0.05, 0) is 43.7 Å². The molecule has 2 N–H and O–H groups in total. The molecule has 0 saturated carbocycles. The van der Waals surface area contributed by atoms with E-state index in [9.17, 15) is 0 Å². The normalized spacial score (nSPS) is 11.3. The van der Waals surface area contributed by atoms with Gasteiger partial charge in [0, 0.05) is 30.7 Å². The number of aromatic nitrogens is 3. The number of nitrogens with two attached hydrogens (primary N) is 1. The Kier molecular flexibility index (Phi) is 6.16. The van der Waals surface area contributed by atoms with E-state index in [-0.39, 0.29) is 0 Å². The maximum Gasteiger partial charge on any atom is 0.151 e. The molecular weight excluding hydrogens is 344 g/mol. The van der Waals surface area contributed by atoms with Gasteiger partial charge in [-0.3, -0.25) is 0 Å². The molecule has 3 rings (SSSR count). The molecule has 1 aromatic carbocycles. The first kappa shape index (κ1) is 18.7. The summed E-state index contributed by atoms with van der Waals surface area (Å²) in [7, 11) is 1.72. The van der Waals surface area contributed by atoms with Gasteiger partial charge in [0.25, 0.3) is 0 Å². The summed E-state index contributed by atoms with van der Waals surface area (Å²) in [6.07, 6.45) is 1.83. The van der Waals surface area contributed by atoms with E-state index in [1.54, 1.807) is 7.11 Å². The fraction of sp³-hybridized carbons (Fsp3) is 0.400. The Bertz CT molecular complexity index is 877. The van der Waals surface area contributed by atoms with Gasteiger partial charge in [-0.1, -0.05) is 18.2 Å². The third-order valence-corrected chi connectivity index (χ3v) is 5.64. The number of rotatable bonds is 8. The Morgan fingerprint density at radius 2 is 1.92 bits per heavy atom. The minimum atomic E-state index is 0.513. The van der Waals surface area contributed by atoms with Gasteiger partial charge in [0.1, 0.15) is 11.3 Å². The highest BCUT2D eigenvalue weighted by atomic mass is 32.2. The Morgan fingerprint density at radius 3 is 2.65 bits per heavy atom. The van der Waals surface area contributed by atoms with E-state index in [0.717, 1.165) is 53.3 Å². The molecule has 0 radical (unpaired) electrons. The van der Waals surface area contributed by atoms with Crippen molar-refractivity contribution in [1.82, 2.24) is 14.5 Å². The van der Waals surface area contributed by atoms with Crippen LogP contribution in [-0.2, 0) is 17.7 Å². The molecule has 0 saturated heterocycles. The molecule has 2 heterocycles. The second-order valence-electron chi connectivity index (χ2n) is 6.34. The first-order valence-corrected chi connectivity index (χ1v) is 9.89. The van der Waals surface area contributed by atoms with E-state index in [4.69, 9.17) is 15.5 Å². The molecule has 0 unspecified atom stereocenters. The van der Waals surface area contributed by atoms with Gasteiger partial charge in [0.05, 0.1) is 12.1 Å². The van der Waals surface area contributed by atoms with Crippen LogP contribution in [0.1, 0.15) is 23.5 Å². The number of fused-ring (bicyclic) bond motifs is 1. The fourth-order valence-corrected chi connectivity index (χ4v) is 3.96. The number of ether oxygens (including phenoxy) is 1.